The van der Waals surface area contributed by atoms with Crippen LogP contribution in [0.15, 0.2) is 0 Å². The van der Waals surface area contributed by atoms with E-state index in [0.29, 0.717) is 12.1 Å². The van der Waals surface area contributed by atoms with E-state index >= 15 is 0 Å². The second-order valence-electron chi connectivity index (χ2n) is 6.05. The number of hydrogen-bond acceptors (Lipinski definition) is 2. The Balaban J connectivity index is 3.37. The molecule has 0 aromatic carbocycles. The lowest BCUT2D eigenvalue weighted by Gasteiger charge is -2.24. The molecule has 0 amide bonds. The van der Waals surface area contributed by atoms with Crippen molar-refractivity contribution >= 4 is 0 Å². The van der Waals surface area contributed by atoms with E-state index in [0.717, 1.165) is 6.42 Å². The van der Waals surface area contributed by atoms with Gasteiger partial charge < -0.3 is 10.1 Å². The average Bonchev–Trinajstić information content (AvgIpc) is 2.48. The van der Waals surface area contributed by atoms with Gasteiger partial charge in [-0.25, -0.2) is 0 Å². The van der Waals surface area contributed by atoms with Gasteiger partial charge in [0.25, 0.3) is 0 Å². The lowest BCUT2D eigenvalue weighted by molar-refractivity contribution is 0.0641. The van der Waals surface area contributed by atoms with Crippen molar-refractivity contribution in [3.8, 4) is 0 Å². The zero-order chi connectivity index (χ0) is 15.1. The molecule has 0 saturated carbocycles. The van der Waals surface area contributed by atoms with Crippen molar-refractivity contribution in [2.45, 2.75) is 103 Å². The van der Waals surface area contributed by atoms with Gasteiger partial charge in [-0.2, -0.15) is 0 Å². The molecule has 0 bridgehead atoms. The first-order valence-electron chi connectivity index (χ1n) is 9.00. The van der Waals surface area contributed by atoms with Gasteiger partial charge in [0.2, 0.25) is 0 Å². The van der Waals surface area contributed by atoms with E-state index in [-0.39, 0.29) is 0 Å². The number of hydrogen-bond donors (Lipinski definition) is 1. The first-order valence-corrected chi connectivity index (χ1v) is 9.00. The molecule has 0 aliphatic rings. The summed E-state index contributed by atoms with van der Waals surface area (Å²) < 4.78 is 5.53. The van der Waals surface area contributed by atoms with Gasteiger partial charge in [-0.3, -0.25) is 0 Å². The molecule has 1 N–H and O–H groups in total. The fourth-order valence-corrected chi connectivity index (χ4v) is 2.98. The minimum atomic E-state index is 0.374. The van der Waals surface area contributed by atoms with Crippen LogP contribution < -0.4 is 5.32 Å². The molecular weight excluding hydrogens is 246 g/mol. The van der Waals surface area contributed by atoms with E-state index in [4.69, 9.17) is 4.74 Å². The van der Waals surface area contributed by atoms with Gasteiger partial charge >= 0.3 is 0 Å². The molecule has 0 rings (SSSR count). The van der Waals surface area contributed by atoms with Crippen molar-refractivity contribution in [1.29, 1.82) is 0 Å². The maximum atomic E-state index is 5.53. The molecule has 2 atom stereocenters. The summed E-state index contributed by atoms with van der Waals surface area (Å²) in [6, 6.07) is 0.527. The minimum Gasteiger partial charge on any atom is -0.380 e. The topological polar surface area (TPSA) is 21.3 Å². The predicted molar refractivity (Wildman–Crippen MR) is 90.4 cm³/mol. The summed E-state index contributed by atoms with van der Waals surface area (Å²) in [7, 11) is 3.89. The van der Waals surface area contributed by atoms with Crippen LogP contribution in [0.4, 0.5) is 0 Å². The fourth-order valence-electron chi connectivity index (χ4n) is 2.98. The molecule has 2 heteroatoms. The molecule has 0 spiro atoms. The van der Waals surface area contributed by atoms with Crippen LogP contribution in [-0.4, -0.2) is 26.3 Å². The first kappa shape index (κ1) is 19.9. The van der Waals surface area contributed by atoms with E-state index in [1.165, 1.54) is 70.6 Å². The zero-order valence-electron chi connectivity index (χ0n) is 14.5. The summed E-state index contributed by atoms with van der Waals surface area (Å²) in [5, 5.41) is 3.41. The number of methoxy groups -OCH3 is 1. The maximum Gasteiger partial charge on any atom is 0.0721 e. The highest BCUT2D eigenvalue weighted by Gasteiger charge is 2.16. The quantitative estimate of drug-likeness (QED) is 0.412. The van der Waals surface area contributed by atoms with Gasteiger partial charge in [-0.1, -0.05) is 78.1 Å². The second kappa shape index (κ2) is 15.3. The standard InChI is InChI=1S/C18H39NO/c1-5-7-8-9-10-11-12-13-14-15-16-17(19-3)18(6-2)20-4/h17-19H,5-16H2,1-4H3. The Labute approximate surface area is 128 Å². The zero-order valence-corrected chi connectivity index (χ0v) is 14.5. The Hall–Kier alpha value is -0.0800. The van der Waals surface area contributed by atoms with Crippen LogP contribution in [0, 0.1) is 0 Å². The number of unbranched alkanes of at least 4 members (excludes halogenated alkanes) is 9. The van der Waals surface area contributed by atoms with E-state index in [2.05, 4.69) is 26.2 Å². The van der Waals surface area contributed by atoms with Crippen molar-refractivity contribution in [3.63, 3.8) is 0 Å². The summed E-state index contributed by atoms with van der Waals surface area (Å²) >= 11 is 0. The molecule has 0 fully saturated rings. The average molecular weight is 286 g/mol. The Bertz CT molecular complexity index is 180. The highest BCUT2D eigenvalue weighted by atomic mass is 16.5. The summed E-state index contributed by atoms with van der Waals surface area (Å²) in [6.45, 7) is 4.49. The Morgan fingerprint density at radius 1 is 0.800 bits per heavy atom. The molecule has 2 nitrogen and oxygen atoms in total. The van der Waals surface area contributed by atoms with Gasteiger partial charge in [0.05, 0.1) is 6.10 Å². The first-order chi connectivity index (χ1) is 9.79. The van der Waals surface area contributed by atoms with Crippen LogP contribution in [-0.2, 0) is 4.74 Å². The van der Waals surface area contributed by atoms with Crippen LogP contribution >= 0.6 is 0 Å². The second-order valence-corrected chi connectivity index (χ2v) is 6.05. The minimum absolute atomic E-state index is 0.374. The SMILES string of the molecule is CCCCCCCCCCCCC(NC)C(CC)OC. The molecular formula is C18H39NO. The number of ether oxygens (including phenoxy) is 1. The molecule has 0 aromatic heterocycles. The van der Waals surface area contributed by atoms with Gasteiger partial charge in [-0.05, 0) is 19.9 Å². The third kappa shape index (κ3) is 10.7. The summed E-state index contributed by atoms with van der Waals surface area (Å²) in [5.74, 6) is 0. The summed E-state index contributed by atoms with van der Waals surface area (Å²) in [6.07, 6.45) is 16.8. The van der Waals surface area contributed by atoms with Crippen LogP contribution in [0.3, 0.4) is 0 Å². The van der Waals surface area contributed by atoms with Crippen molar-refractivity contribution in [2.75, 3.05) is 14.2 Å². The van der Waals surface area contributed by atoms with E-state index in [1.807, 2.05) is 7.11 Å². The van der Waals surface area contributed by atoms with Crippen LogP contribution in [0.25, 0.3) is 0 Å². The summed E-state index contributed by atoms with van der Waals surface area (Å²) in [5.41, 5.74) is 0. The smallest absolute Gasteiger partial charge is 0.0721 e. The van der Waals surface area contributed by atoms with Crippen molar-refractivity contribution in [2.24, 2.45) is 0 Å². The molecule has 122 valence electrons. The number of likely N-dealkylation sites (N-methyl/N-ethyl adjacent to an activating group) is 1. The maximum absolute atomic E-state index is 5.53. The predicted octanol–water partition coefficient (Wildman–Crippen LogP) is 5.31. The van der Waals surface area contributed by atoms with Crippen LogP contribution in [0.5, 0.6) is 0 Å². The van der Waals surface area contributed by atoms with E-state index < -0.39 is 0 Å². The largest absolute Gasteiger partial charge is 0.380 e. The summed E-state index contributed by atoms with van der Waals surface area (Å²) in [4.78, 5) is 0. The molecule has 0 radical (unpaired) electrons. The monoisotopic (exact) mass is 285 g/mol. The number of nitrogens with one attached hydrogen (secondary N) is 1. The molecule has 20 heavy (non-hydrogen) atoms. The van der Waals surface area contributed by atoms with Gasteiger partial charge in [0, 0.05) is 13.2 Å². The van der Waals surface area contributed by atoms with Gasteiger partial charge in [0.1, 0.15) is 0 Å². The lowest BCUT2D eigenvalue weighted by Crippen LogP contribution is -2.38. The van der Waals surface area contributed by atoms with E-state index in [1.54, 1.807) is 0 Å². The van der Waals surface area contributed by atoms with Crippen LogP contribution in [0.1, 0.15) is 90.9 Å². The van der Waals surface area contributed by atoms with Crippen LogP contribution in [0.2, 0.25) is 0 Å². The van der Waals surface area contributed by atoms with Gasteiger partial charge in [-0.15, -0.1) is 0 Å². The third-order valence-electron chi connectivity index (χ3n) is 4.39. The molecule has 0 saturated heterocycles. The molecule has 0 heterocycles. The molecule has 0 aliphatic heterocycles. The highest BCUT2D eigenvalue weighted by Crippen LogP contribution is 2.14. The molecule has 2 unspecified atom stereocenters. The van der Waals surface area contributed by atoms with Crippen molar-refractivity contribution in [3.05, 3.63) is 0 Å². The Morgan fingerprint density at radius 2 is 1.30 bits per heavy atom. The fraction of sp³-hybridized carbons (Fsp3) is 1.00. The third-order valence-corrected chi connectivity index (χ3v) is 4.39. The number of rotatable bonds is 15. The molecule has 0 aliphatic carbocycles. The van der Waals surface area contributed by atoms with E-state index in [9.17, 15) is 0 Å². The molecule has 0 aromatic rings. The lowest BCUT2D eigenvalue weighted by atomic mass is 10.00. The van der Waals surface area contributed by atoms with Gasteiger partial charge in [0.15, 0.2) is 0 Å². The highest BCUT2D eigenvalue weighted by molar-refractivity contribution is 4.74. The van der Waals surface area contributed by atoms with Crippen molar-refractivity contribution < 1.29 is 4.74 Å². The van der Waals surface area contributed by atoms with Crippen molar-refractivity contribution in [1.82, 2.24) is 5.32 Å². The Kier molecular flexibility index (Phi) is 15.3. The Morgan fingerprint density at radius 3 is 1.70 bits per heavy atom. The normalized spacial score (nSPS) is 14.4.